The first-order valence-corrected chi connectivity index (χ1v) is 5.09. The van der Waals surface area contributed by atoms with Gasteiger partial charge >= 0.3 is 0 Å². The standard InChI is InChI=1S/C8H10ClFSi/c1-5(11)7-3-2-6(9)4-8(7)10/h2-5H,1,11H3. The van der Waals surface area contributed by atoms with Crippen LogP contribution in [0.2, 0.25) is 5.02 Å². The van der Waals surface area contributed by atoms with Crippen molar-refractivity contribution in [1.29, 1.82) is 0 Å². The normalized spacial score (nSPS) is 13.4. The smallest absolute Gasteiger partial charge is 0.127 e. The quantitative estimate of drug-likeness (QED) is 0.591. The summed E-state index contributed by atoms with van der Waals surface area (Å²) < 4.78 is 13.0. The molecular weight excluding hydrogens is 179 g/mol. The lowest BCUT2D eigenvalue weighted by atomic mass is 10.1. The van der Waals surface area contributed by atoms with Gasteiger partial charge in [0, 0.05) is 15.3 Å². The molecule has 1 atom stereocenters. The molecule has 0 fully saturated rings. The van der Waals surface area contributed by atoms with Crippen LogP contribution in [0.1, 0.15) is 18.0 Å². The summed E-state index contributed by atoms with van der Waals surface area (Å²) in [7, 11) is 0.970. The molecule has 0 aliphatic carbocycles. The zero-order valence-corrected chi connectivity index (χ0v) is 9.32. The van der Waals surface area contributed by atoms with Crippen molar-refractivity contribution in [3.63, 3.8) is 0 Å². The molecule has 11 heavy (non-hydrogen) atoms. The van der Waals surface area contributed by atoms with Crippen LogP contribution in [0.5, 0.6) is 0 Å². The van der Waals surface area contributed by atoms with E-state index in [1.54, 1.807) is 12.1 Å². The molecule has 0 heterocycles. The molecule has 1 aromatic carbocycles. The van der Waals surface area contributed by atoms with Crippen LogP contribution in [-0.2, 0) is 0 Å². The SMILES string of the molecule is CC([SiH3])c1ccc(Cl)cc1F. The Hall–Kier alpha value is -0.343. The Morgan fingerprint density at radius 2 is 2.18 bits per heavy atom. The zero-order chi connectivity index (χ0) is 8.43. The minimum atomic E-state index is -0.181. The lowest BCUT2D eigenvalue weighted by Gasteiger charge is -2.05. The van der Waals surface area contributed by atoms with Crippen LogP contribution in [0.3, 0.4) is 0 Å². The Morgan fingerprint density at radius 3 is 2.64 bits per heavy atom. The van der Waals surface area contributed by atoms with Gasteiger partial charge in [0.15, 0.2) is 0 Å². The van der Waals surface area contributed by atoms with Gasteiger partial charge < -0.3 is 0 Å². The van der Waals surface area contributed by atoms with Gasteiger partial charge in [-0.2, -0.15) is 0 Å². The van der Waals surface area contributed by atoms with E-state index < -0.39 is 0 Å². The molecule has 0 N–H and O–H groups in total. The second kappa shape index (κ2) is 3.37. The summed E-state index contributed by atoms with van der Waals surface area (Å²) in [6.07, 6.45) is 0. The molecule has 1 rings (SSSR count). The summed E-state index contributed by atoms with van der Waals surface area (Å²) in [5, 5.41) is 0.466. The highest BCUT2D eigenvalue weighted by atomic mass is 35.5. The Bertz CT molecular complexity index is 260. The van der Waals surface area contributed by atoms with E-state index in [1.807, 2.05) is 6.92 Å². The molecule has 1 unspecified atom stereocenters. The summed E-state index contributed by atoms with van der Waals surface area (Å²) in [6.45, 7) is 2.01. The maximum atomic E-state index is 13.0. The van der Waals surface area contributed by atoms with Crippen molar-refractivity contribution in [3.05, 3.63) is 34.6 Å². The maximum Gasteiger partial charge on any atom is 0.127 e. The van der Waals surface area contributed by atoms with Crippen molar-refractivity contribution in [1.82, 2.24) is 0 Å². The molecule has 3 heteroatoms. The number of hydrogen-bond donors (Lipinski definition) is 0. The minimum Gasteiger partial charge on any atom is -0.207 e. The van der Waals surface area contributed by atoms with Crippen molar-refractivity contribution in [3.8, 4) is 0 Å². The third-order valence-corrected chi connectivity index (χ3v) is 2.44. The molecule has 0 aromatic heterocycles. The predicted molar refractivity (Wildman–Crippen MR) is 49.8 cm³/mol. The van der Waals surface area contributed by atoms with Crippen LogP contribution < -0.4 is 0 Å². The minimum absolute atomic E-state index is 0.181. The van der Waals surface area contributed by atoms with E-state index >= 15 is 0 Å². The fourth-order valence-corrected chi connectivity index (χ4v) is 1.60. The van der Waals surface area contributed by atoms with Crippen molar-refractivity contribution in [2.75, 3.05) is 0 Å². The molecule has 0 aliphatic heterocycles. The van der Waals surface area contributed by atoms with Crippen molar-refractivity contribution in [2.45, 2.75) is 12.5 Å². The summed E-state index contributed by atoms with van der Waals surface area (Å²) in [5.41, 5.74) is 1.13. The van der Waals surface area contributed by atoms with Gasteiger partial charge in [-0.15, -0.1) is 0 Å². The highest BCUT2D eigenvalue weighted by Gasteiger charge is 2.05. The Morgan fingerprint density at radius 1 is 1.55 bits per heavy atom. The van der Waals surface area contributed by atoms with E-state index in [9.17, 15) is 4.39 Å². The van der Waals surface area contributed by atoms with Gasteiger partial charge in [-0.05, 0) is 23.2 Å². The number of hydrogen-bond acceptors (Lipinski definition) is 0. The van der Waals surface area contributed by atoms with Gasteiger partial charge in [0.1, 0.15) is 5.82 Å². The van der Waals surface area contributed by atoms with Gasteiger partial charge in [0.05, 0.1) is 0 Å². The first kappa shape index (κ1) is 8.75. The molecule has 0 bridgehead atoms. The summed E-state index contributed by atoms with van der Waals surface area (Å²) in [5.74, 6) is -0.181. The number of benzene rings is 1. The second-order valence-corrected chi connectivity index (χ2v) is 4.99. The molecule has 0 aliphatic rings. The highest BCUT2D eigenvalue weighted by Crippen LogP contribution is 2.19. The predicted octanol–water partition coefficient (Wildman–Crippen LogP) is 1.91. The number of rotatable bonds is 1. The lowest BCUT2D eigenvalue weighted by molar-refractivity contribution is 0.610. The van der Waals surface area contributed by atoms with Gasteiger partial charge in [0.2, 0.25) is 0 Å². The molecule has 0 amide bonds. The van der Waals surface area contributed by atoms with E-state index in [1.165, 1.54) is 6.07 Å². The average molecular weight is 189 g/mol. The van der Waals surface area contributed by atoms with Gasteiger partial charge in [0.25, 0.3) is 0 Å². The van der Waals surface area contributed by atoms with Gasteiger partial charge in [-0.1, -0.05) is 24.6 Å². The van der Waals surface area contributed by atoms with E-state index in [-0.39, 0.29) is 5.82 Å². The highest BCUT2D eigenvalue weighted by molar-refractivity contribution is 6.30. The Balaban J connectivity index is 3.09. The molecular formula is C8H10ClFSi. The van der Waals surface area contributed by atoms with Crippen molar-refractivity contribution < 1.29 is 4.39 Å². The van der Waals surface area contributed by atoms with Crippen LogP contribution in [0.15, 0.2) is 18.2 Å². The third kappa shape index (κ3) is 2.04. The van der Waals surface area contributed by atoms with Crippen LogP contribution in [0, 0.1) is 5.82 Å². The lowest BCUT2D eigenvalue weighted by Crippen LogP contribution is -1.95. The van der Waals surface area contributed by atoms with E-state index in [2.05, 4.69) is 0 Å². The first-order valence-electron chi connectivity index (χ1n) is 3.56. The van der Waals surface area contributed by atoms with E-state index in [0.29, 0.717) is 10.6 Å². The summed E-state index contributed by atoms with van der Waals surface area (Å²) in [4.78, 5) is 0. The van der Waals surface area contributed by atoms with Gasteiger partial charge in [-0.25, -0.2) is 4.39 Å². The number of halogens is 2. The monoisotopic (exact) mass is 188 g/mol. The molecule has 0 saturated carbocycles. The van der Waals surface area contributed by atoms with Crippen LogP contribution in [0.25, 0.3) is 0 Å². The topological polar surface area (TPSA) is 0 Å². The molecule has 0 radical (unpaired) electrons. The summed E-state index contributed by atoms with van der Waals surface area (Å²) in [6, 6.07) is 4.86. The van der Waals surface area contributed by atoms with Crippen LogP contribution in [-0.4, -0.2) is 10.2 Å². The molecule has 1 aromatic rings. The zero-order valence-electron chi connectivity index (χ0n) is 6.57. The largest absolute Gasteiger partial charge is 0.207 e. The molecule has 60 valence electrons. The van der Waals surface area contributed by atoms with E-state index in [0.717, 1.165) is 15.8 Å². The molecule has 0 saturated heterocycles. The summed E-state index contributed by atoms with van der Waals surface area (Å²) >= 11 is 5.59. The second-order valence-electron chi connectivity index (χ2n) is 2.82. The van der Waals surface area contributed by atoms with Crippen LogP contribution in [0.4, 0.5) is 4.39 Å². The third-order valence-electron chi connectivity index (χ3n) is 1.58. The van der Waals surface area contributed by atoms with Crippen molar-refractivity contribution >= 4 is 21.8 Å². The Labute approximate surface area is 73.8 Å². The van der Waals surface area contributed by atoms with Crippen molar-refractivity contribution in [2.24, 2.45) is 0 Å². The first-order chi connectivity index (χ1) is 5.11. The maximum absolute atomic E-state index is 13.0. The average Bonchev–Trinajstić information content (AvgIpc) is 1.85. The van der Waals surface area contributed by atoms with Gasteiger partial charge in [-0.3, -0.25) is 0 Å². The molecule has 0 spiro atoms. The fourth-order valence-electron chi connectivity index (χ4n) is 0.970. The van der Waals surface area contributed by atoms with Crippen LogP contribution >= 0.6 is 11.6 Å². The fraction of sp³-hybridized carbons (Fsp3) is 0.250. The van der Waals surface area contributed by atoms with E-state index in [4.69, 9.17) is 11.6 Å². The Kier molecular flexibility index (Phi) is 2.68. The molecule has 0 nitrogen and oxygen atoms in total.